The standard InChI is InChI=1S/C23H29FN2O4S/c1-16(2)14-21(25-31(28,29)20-10-4-17(3)5-11-20)23(27)26-12-13-30-22(15-26)18-6-8-19(24)9-7-18/h4-11,16,21-22,25H,12-15H2,1-3H3. The number of amides is 1. The van der Waals surface area contributed by atoms with Crippen LogP contribution in [0, 0.1) is 18.7 Å². The summed E-state index contributed by atoms with van der Waals surface area (Å²) in [5, 5.41) is 0. The molecule has 1 aliphatic heterocycles. The van der Waals surface area contributed by atoms with E-state index in [1.807, 2.05) is 20.8 Å². The van der Waals surface area contributed by atoms with Crippen LogP contribution in [0.5, 0.6) is 0 Å². The first kappa shape index (κ1) is 23.4. The minimum absolute atomic E-state index is 0.114. The van der Waals surface area contributed by atoms with Gasteiger partial charge in [-0.2, -0.15) is 4.72 Å². The van der Waals surface area contributed by atoms with Gasteiger partial charge in [-0.3, -0.25) is 4.79 Å². The molecule has 1 fully saturated rings. The predicted molar refractivity (Wildman–Crippen MR) is 116 cm³/mol. The Kier molecular flexibility index (Phi) is 7.46. The molecule has 6 nitrogen and oxygen atoms in total. The van der Waals surface area contributed by atoms with E-state index >= 15 is 0 Å². The fourth-order valence-electron chi connectivity index (χ4n) is 3.59. The molecule has 0 radical (unpaired) electrons. The first-order valence-corrected chi connectivity index (χ1v) is 11.9. The first-order valence-electron chi connectivity index (χ1n) is 10.4. The van der Waals surface area contributed by atoms with E-state index in [0.717, 1.165) is 11.1 Å². The minimum Gasteiger partial charge on any atom is -0.370 e. The smallest absolute Gasteiger partial charge is 0.241 e. The number of halogens is 1. The summed E-state index contributed by atoms with van der Waals surface area (Å²) in [4.78, 5) is 15.1. The third-order valence-electron chi connectivity index (χ3n) is 5.25. The highest BCUT2D eigenvalue weighted by atomic mass is 32.2. The lowest BCUT2D eigenvalue weighted by molar-refractivity contribution is -0.141. The number of nitrogens with one attached hydrogen (secondary N) is 1. The van der Waals surface area contributed by atoms with Crippen LogP contribution in [0.1, 0.15) is 37.5 Å². The van der Waals surface area contributed by atoms with Crippen molar-refractivity contribution in [1.82, 2.24) is 9.62 Å². The Morgan fingerprint density at radius 2 is 1.81 bits per heavy atom. The van der Waals surface area contributed by atoms with Crippen molar-refractivity contribution < 1.29 is 22.3 Å². The van der Waals surface area contributed by atoms with Crippen molar-refractivity contribution in [2.75, 3.05) is 19.7 Å². The highest BCUT2D eigenvalue weighted by molar-refractivity contribution is 7.89. The van der Waals surface area contributed by atoms with Crippen LogP contribution in [-0.2, 0) is 19.6 Å². The van der Waals surface area contributed by atoms with Crippen LogP contribution >= 0.6 is 0 Å². The molecule has 0 bridgehead atoms. The van der Waals surface area contributed by atoms with Gasteiger partial charge >= 0.3 is 0 Å². The van der Waals surface area contributed by atoms with Gasteiger partial charge in [0.2, 0.25) is 15.9 Å². The Balaban J connectivity index is 1.77. The molecule has 1 aliphatic rings. The monoisotopic (exact) mass is 448 g/mol. The second-order valence-corrected chi connectivity index (χ2v) is 10.0. The van der Waals surface area contributed by atoms with Crippen LogP contribution in [0.2, 0.25) is 0 Å². The van der Waals surface area contributed by atoms with Gasteiger partial charge in [-0.15, -0.1) is 0 Å². The van der Waals surface area contributed by atoms with Crippen LogP contribution < -0.4 is 4.72 Å². The summed E-state index contributed by atoms with van der Waals surface area (Å²) < 4.78 is 47.4. The highest BCUT2D eigenvalue weighted by Gasteiger charge is 2.33. The molecule has 168 valence electrons. The molecule has 8 heteroatoms. The summed E-state index contributed by atoms with van der Waals surface area (Å²) >= 11 is 0. The van der Waals surface area contributed by atoms with Crippen LogP contribution in [0.25, 0.3) is 0 Å². The summed E-state index contributed by atoms with van der Waals surface area (Å²) in [5.41, 5.74) is 1.73. The van der Waals surface area contributed by atoms with Crippen LogP contribution in [0.15, 0.2) is 53.4 Å². The minimum atomic E-state index is -3.85. The van der Waals surface area contributed by atoms with Crippen molar-refractivity contribution in [2.45, 2.75) is 44.2 Å². The number of ether oxygens (including phenoxy) is 1. The molecule has 0 aliphatic carbocycles. The SMILES string of the molecule is Cc1ccc(S(=O)(=O)NC(CC(C)C)C(=O)N2CCOC(c3ccc(F)cc3)C2)cc1. The van der Waals surface area contributed by atoms with Crippen LogP contribution in [0.3, 0.4) is 0 Å². The molecular weight excluding hydrogens is 419 g/mol. The second-order valence-electron chi connectivity index (χ2n) is 8.31. The fourth-order valence-corrected chi connectivity index (χ4v) is 4.79. The van der Waals surface area contributed by atoms with Gasteiger partial charge in [-0.05, 0) is 49.1 Å². The van der Waals surface area contributed by atoms with Crippen molar-refractivity contribution in [3.63, 3.8) is 0 Å². The van der Waals surface area contributed by atoms with E-state index in [-0.39, 0.29) is 35.2 Å². The summed E-state index contributed by atoms with van der Waals surface area (Å²) in [6, 6.07) is 11.6. The largest absolute Gasteiger partial charge is 0.370 e. The number of morpholine rings is 1. The molecule has 2 aromatic rings. The predicted octanol–water partition coefficient (Wildman–Crippen LogP) is 3.43. The van der Waals surface area contributed by atoms with E-state index in [1.165, 1.54) is 24.3 Å². The summed E-state index contributed by atoms with van der Waals surface area (Å²) in [6.45, 7) is 6.75. The van der Waals surface area contributed by atoms with E-state index < -0.39 is 16.1 Å². The maximum atomic E-state index is 13.3. The molecule has 1 amide bonds. The van der Waals surface area contributed by atoms with Crippen molar-refractivity contribution in [3.05, 3.63) is 65.5 Å². The van der Waals surface area contributed by atoms with Crippen molar-refractivity contribution in [3.8, 4) is 0 Å². The van der Waals surface area contributed by atoms with E-state index in [1.54, 1.807) is 29.2 Å². The normalized spacial score (nSPS) is 18.2. The molecule has 1 saturated heterocycles. The Bertz CT molecular complexity index is 991. The van der Waals surface area contributed by atoms with Crippen molar-refractivity contribution in [2.24, 2.45) is 5.92 Å². The first-order chi connectivity index (χ1) is 14.7. The molecule has 31 heavy (non-hydrogen) atoms. The number of carbonyl (C=O) groups excluding carboxylic acids is 1. The van der Waals surface area contributed by atoms with Gasteiger partial charge in [-0.1, -0.05) is 43.7 Å². The van der Waals surface area contributed by atoms with E-state index in [2.05, 4.69) is 4.72 Å². The zero-order valence-corrected chi connectivity index (χ0v) is 18.9. The number of nitrogens with zero attached hydrogens (tertiary/aromatic N) is 1. The average Bonchev–Trinajstić information content (AvgIpc) is 2.73. The van der Waals surface area contributed by atoms with Crippen LogP contribution in [-0.4, -0.2) is 45.0 Å². The number of benzene rings is 2. The van der Waals surface area contributed by atoms with Gasteiger partial charge < -0.3 is 9.64 Å². The number of sulfonamides is 1. The highest BCUT2D eigenvalue weighted by Crippen LogP contribution is 2.24. The summed E-state index contributed by atoms with van der Waals surface area (Å²) in [6.07, 6.45) is -0.00520. The average molecular weight is 449 g/mol. The second kappa shape index (κ2) is 9.89. The number of carbonyl (C=O) groups is 1. The fraction of sp³-hybridized carbons (Fsp3) is 0.435. The zero-order chi connectivity index (χ0) is 22.6. The quantitative estimate of drug-likeness (QED) is 0.704. The maximum absolute atomic E-state index is 13.3. The lowest BCUT2D eigenvalue weighted by Crippen LogP contribution is -2.52. The Morgan fingerprint density at radius 1 is 1.16 bits per heavy atom. The zero-order valence-electron chi connectivity index (χ0n) is 18.0. The summed E-state index contributed by atoms with van der Waals surface area (Å²) in [5.74, 6) is -0.501. The lowest BCUT2D eigenvalue weighted by atomic mass is 10.0. The molecule has 3 rings (SSSR count). The summed E-state index contributed by atoms with van der Waals surface area (Å²) in [7, 11) is -3.85. The van der Waals surface area contributed by atoms with Gasteiger partial charge in [0.1, 0.15) is 18.0 Å². The molecule has 2 unspecified atom stereocenters. The van der Waals surface area contributed by atoms with Gasteiger partial charge in [0.05, 0.1) is 18.0 Å². The van der Waals surface area contributed by atoms with E-state index in [4.69, 9.17) is 4.74 Å². The number of rotatable bonds is 7. The maximum Gasteiger partial charge on any atom is 0.241 e. The van der Waals surface area contributed by atoms with Gasteiger partial charge in [-0.25, -0.2) is 12.8 Å². The number of hydrogen-bond donors (Lipinski definition) is 1. The molecule has 0 aromatic heterocycles. The molecule has 2 aromatic carbocycles. The number of aryl methyl sites for hydroxylation is 1. The van der Waals surface area contributed by atoms with Crippen LogP contribution in [0.4, 0.5) is 4.39 Å². The van der Waals surface area contributed by atoms with Gasteiger partial charge in [0.15, 0.2) is 0 Å². The molecule has 0 saturated carbocycles. The molecule has 1 N–H and O–H groups in total. The lowest BCUT2D eigenvalue weighted by Gasteiger charge is -2.35. The third kappa shape index (κ3) is 6.12. The van der Waals surface area contributed by atoms with E-state index in [9.17, 15) is 17.6 Å². The van der Waals surface area contributed by atoms with Crippen molar-refractivity contribution >= 4 is 15.9 Å². The molecule has 2 atom stereocenters. The van der Waals surface area contributed by atoms with Gasteiger partial charge in [0, 0.05) is 6.54 Å². The molecular formula is C23H29FN2O4S. The Morgan fingerprint density at radius 3 is 2.42 bits per heavy atom. The number of hydrogen-bond acceptors (Lipinski definition) is 4. The molecule has 1 heterocycles. The Labute approximate surface area is 183 Å². The molecule has 0 spiro atoms. The van der Waals surface area contributed by atoms with Gasteiger partial charge in [0.25, 0.3) is 0 Å². The topological polar surface area (TPSA) is 75.7 Å². The Hall–Kier alpha value is -2.29. The van der Waals surface area contributed by atoms with Crippen molar-refractivity contribution in [1.29, 1.82) is 0 Å². The van der Waals surface area contributed by atoms with E-state index in [0.29, 0.717) is 19.6 Å². The third-order valence-corrected chi connectivity index (χ3v) is 6.74.